The Morgan fingerprint density at radius 3 is 2.50 bits per heavy atom. The van der Waals surface area contributed by atoms with E-state index in [0.29, 0.717) is 6.42 Å². The Kier molecular flexibility index (Phi) is 5.84. The van der Waals surface area contributed by atoms with Crippen LogP contribution in [-0.2, 0) is 6.18 Å². The third-order valence-electron chi connectivity index (χ3n) is 4.22. The van der Waals surface area contributed by atoms with Gasteiger partial charge in [-0.05, 0) is 56.5 Å². The van der Waals surface area contributed by atoms with Crippen molar-refractivity contribution in [3.05, 3.63) is 35.4 Å². The number of piperidine rings is 1. The summed E-state index contributed by atoms with van der Waals surface area (Å²) in [5, 5.41) is 8.57. The number of likely N-dealkylation sites (tertiary alicyclic amines) is 1. The third kappa shape index (κ3) is 4.48. The molecule has 1 unspecified atom stereocenters. The number of nitrogens with zero attached hydrogens (tertiary/aromatic N) is 2. The van der Waals surface area contributed by atoms with E-state index in [-0.39, 0.29) is 6.04 Å². The first-order valence-corrected chi connectivity index (χ1v) is 7.80. The SMILES string of the molecule is N#CCCCCN1CCCCC1c1ccc(C(F)(F)F)cc1. The van der Waals surface area contributed by atoms with E-state index in [2.05, 4.69) is 11.0 Å². The Hall–Kier alpha value is -1.54. The van der Waals surface area contributed by atoms with Crippen molar-refractivity contribution in [3.8, 4) is 6.07 Å². The number of benzene rings is 1. The van der Waals surface area contributed by atoms with Gasteiger partial charge in [-0.25, -0.2) is 0 Å². The lowest BCUT2D eigenvalue weighted by atomic mass is 9.94. The zero-order valence-corrected chi connectivity index (χ0v) is 12.6. The van der Waals surface area contributed by atoms with Gasteiger partial charge < -0.3 is 0 Å². The Labute approximate surface area is 129 Å². The molecule has 2 rings (SSSR count). The molecule has 0 bridgehead atoms. The molecule has 1 aliphatic rings. The van der Waals surface area contributed by atoms with Crippen molar-refractivity contribution in [1.82, 2.24) is 4.90 Å². The third-order valence-corrected chi connectivity index (χ3v) is 4.22. The fourth-order valence-electron chi connectivity index (χ4n) is 3.05. The van der Waals surface area contributed by atoms with Crippen LogP contribution in [0.15, 0.2) is 24.3 Å². The van der Waals surface area contributed by atoms with Gasteiger partial charge in [-0.3, -0.25) is 4.90 Å². The van der Waals surface area contributed by atoms with Gasteiger partial charge in [0.15, 0.2) is 0 Å². The van der Waals surface area contributed by atoms with Crippen molar-refractivity contribution < 1.29 is 13.2 Å². The molecule has 1 aromatic rings. The van der Waals surface area contributed by atoms with Gasteiger partial charge in [0.1, 0.15) is 0 Å². The summed E-state index contributed by atoms with van der Waals surface area (Å²) in [6, 6.07) is 7.93. The van der Waals surface area contributed by atoms with Crippen LogP contribution in [0, 0.1) is 11.3 Å². The van der Waals surface area contributed by atoms with E-state index in [9.17, 15) is 13.2 Å². The first kappa shape index (κ1) is 16.8. The average molecular weight is 310 g/mol. The molecule has 0 aliphatic carbocycles. The molecule has 120 valence electrons. The van der Waals surface area contributed by atoms with Gasteiger partial charge >= 0.3 is 6.18 Å². The maximum Gasteiger partial charge on any atom is 0.416 e. The number of hydrogen-bond donors (Lipinski definition) is 0. The number of unbranched alkanes of at least 4 members (excludes halogenated alkanes) is 2. The summed E-state index contributed by atoms with van der Waals surface area (Å²) < 4.78 is 37.9. The Balaban J connectivity index is 2.02. The second-order valence-corrected chi connectivity index (χ2v) is 5.78. The van der Waals surface area contributed by atoms with Gasteiger partial charge in [-0.2, -0.15) is 18.4 Å². The van der Waals surface area contributed by atoms with Crippen LogP contribution < -0.4 is 0 Å². The molecule has 0 spiro atoms. The maximum absolute atomic E-state index is 12.6. The highest BCUT2D eigenvalue weighted by Crippen LogP contribution is 2.34. The average Bonchev–Trinajstić information content (AvgIpc) is 2.51. The highest BCUT2D eigenvalue weighted by molar-refractivity contribution is 5.27. The molecule has 1 aliphatic heterocycles. The summed E-state index contributed by atoms with van der Waals surface area (Å²) in [5.74, 6) is 0. The molecule has 2 nitrogen and oxygen atoms in total. The molecule has 1 heterocycles. The lowest BCUT2D eigenvalue weighted by Crippen LogP contribution is -2.34. The van der Waals surface area contributed by atoms with Crippen molar-refractivity contribution in [2.75, 3.05) is 13.1 Å². The standard InChI is InChI=1S/C17H21F3N2/c18-17(19,20)15-9-7-14(8-10-15)16-6-2-5-13-22(16)12-4-1-3-11-21/h7-10,16H,1-6,12-13H2. The van der Waals surface area contributed by atoms with E-state index in [4.69, 9.17) is 5.26 Å². The lowest BCUT2D eigenvalue weighted by Gasteiger charge is -2.36. The minimum atomic E-state index is -4.28. The lowest BCUT2D eigenvalue weighted by molar-refractivity contribution is -0.137. The maximum atomic E-state index is 12.6. The monoisotopic (exact) mass is 310 g/mol. The summed E-state index contributed by atoms with van der Waals surface area (Å²) >= 11 is 0. The van der Waals surface area contributed by atoms with E-state index < -0.39 is 11.7 Å². The largest absolute Gasteiger partial charge is 0.416 e. The first-order chi connectivity index (χ1) is 10.5. The molecule has 0 aromatic heterocycles. The molecular weight excluding hydrogens is 289 g/mol. The molecule has 5 heteroatoms. The fraction of sp³-hybridized carbons (Fsp3) is 0.588. The first-order valence-electron chi connectivity index (χ1n) is 7.80. The van der Waals surface area contributed by atoms with Gasteiger partial charge in [0.2, 0.25) is 0 Å². The molecule has 1 fully saturated rings. The Morgan fingerprint density at radius 1 is 1.14 bits per heavy atom. The van der Waals surface area contributed by atoms with Crippen molar-refractivity contribution in [2.24, 2.45) is 0 Å². The van der Waals surface area contributed by atoms with Gasteiger partial charge in [0.25, 0.3) is 0 Å². The summed E-state index contributed by atoms with van der Waals surface area (Å²) in [6.07, 6.45) is 1.37. The Morgan fingerprint density at radius 2 is 1.86 bits per heavy atom. The molecule has 0 N–H and O–H groups in total. The van der Waals surface area contributed by atoms with Crippen LogP contribution in [0.1, 0.15) is 55.7 Å². The number of nitriles is 1. The normalized spacial score (nSPS) is 19.8. The summed E-state index contributed by atoms with van der Waals surface area (Å²) in [7, 11) is 0. The second-order valence-electron chi connectivity index (χ2n) is 5.78. The summed E-state index contributed by atoms with van der Waals surface area (Å²) in [4.78, 5) is 2.35. The topological polar surface area (TPSA) is 27.0 Å². The van der Waals surface area contributed by atoms with Crippen molar-refractivity contribution in [2.45, 2.75) is 50.7 Å². The van der Waals surface area contributed by atoms with Crippen LogP contribution in [0.25, 0.3) is 0 Å². The molecule has 0 radical (unpaired) electrons. The zero-order valence-electron chi connectivity index (χ0n) is 12.6. The Bertz CT molecular complexity index is 502. The van der Waals surface area contributed by atoms with Gasteiger partial charge in [0.05, 0.1) is 11.6 Å². The van der Waals surface area contributed by atoms with E-state index in [1.807, 2.05) is 0 Å². The fourth-order valence-corrected chi connectivity index (χ4v) is 3.05. The van der Waals surface area contributed by atoms with Crippen LogP contribution in [0.4, 0.5) is 13.2 Å². The highest BCUT2D eigenvalue weighted by Gasteiger charge is 2.31. The van der Waals surface area contributed by atoms with Crippen LogP contribution in [0.5, 0.6) is 0 Å². The van der Waals surface area contributed by atoms with Gasteiger partial charge in [0, 0.05) is 12.5 Å². The molecule has 0 saturated carbocycles. The van der Waals surface area contributed by atoms with Crippen LogP contribution in [-0.4, -0.2) is 18.0 Å². The van der Waals surface area contributed by atoms with Crippen LogP contribution >= 0.6 is 0 Å². The van der Waals surface area contributed by atoms with Crippen molar-refractivity contribution >= 4 is 0 Å². The highest BCUT2D eigenvalue weighted by atomic mass is 19.4. The molecular formula is C17H21F3N2. The van der Waals surface area contributed by atoms with Crippen LogP contribution in [0.3, 0.4) is 0 Å². The van der Waals surface area contributed by atoms with E-state index in [0.717, 1.165) is 50.8 Å². The predicted molar refractivity (Wildman–Crippen MR) is 79.1 cm³/mol. The predicted octanol–water partition coefficient (Wildman–Crippen LogP) is 4.93. The van der Waals surface area contributed by atoms with E-state index in [1.165, 1.54) is 12.1 Å². The van der Waals surface area contributed by atoms with Crippen LogP contribution in [0.2, 0.25) is 0 Å². The smallest absolute Gasteiger partial charge is 0.296 e. The van der Waals surface area contributed by atoms with Gasteiger partial charge in [-0.1, -0.05) is 18.6 Å². The minimum Gasteiger partial charge on any atom is -0.296 e. The van der Waals surface area contributed by atoms with Crippen molar-refractivity contribution in [3.63, 3.8) is 0 Å². The van der Waals surface area contributed by atoms with Gasteiger partial charge in [-0.15, -0.1) is 0 Å². The summed E-state index contributed by atoms with van der Waals surface area (Å²) in [6.45, 7) is 1.89. The second kappa shape index (κ2) is 7.64. The molecule has 1 saturated heterocycles. The van der Waals surface area contributed by atoms with E-state index >= 15 is 0 Å². The van der Waals surface area contributed by atoms with Crippen molar-refractivity contribution in [1.29, 1.82) is 5.26 Å². The molecule has 0 amide bonds. The molecule has 1 atom stereocenters. The quantitative estimate of drug-likeness (QED) is 0.721. The minimum absolute atomic E-state index is 0.207. The number of hydrogen-bond acceptors (Lipinski definition) is 2. The zero-order chi connectivity index (χ0) is 16.0. The number of rotatable bonds is 5. The number of halogens is 3. The van der Waals surface area contributed by atoms with E-state index in [1.54, 1.807) is 12.1 Å². The molecule has 1 aromatic carbocycles. The number of alkyl halides is 3. The summed E-state index contributed by atoms with van der Waals surface area (Å²) in [5.41, 5.74) is 0.376. The molecule has 22 heavy (non-hydrogen) atoms.